The van der Waals surface area contributed by atoms with Gasteiger partial charge in [0.25, 0.3) is 0 Å². The van der Waals surface area contributed by atoms with E-state index in [9.17, 15) is 9.59 Å². The van der Waals surface area contributed by atoms with Crippen LogP contribution in [0.4, 0.5) is 4.79 Å². The van der Waals surface area contributed by atoms with Crippen molar-refractivity contribution in [1.29, 1.82) is 0 Å². The van der Waals surface area contributed by atoms with Crippen molar-refractivity contribution < 1.29 is 14.3 Å². The number of rotatable bonds is 1. The van der Waals surface area contributed by atoms with E-state index in [2.05, 4.69) is 0 Å². The van der Waals surface area contributed by atoms with Crippen LogP contribution in [0.3, 0.4) is 0 Å². The lowest BCUT2D eigenvalue weighted by Gasteiger charge is -2.31. The number of hydrogen-bond donors (Lipinski definition) is 0. The molecule has 2 aliphatic heterocycles. The van der Waals surface area contributed by atoms with Gasteiger partial charge in [-0.15, -0.1) is 0 Å². The average Bonchev–Trinajstić information content (AvgIpc) is 2.51. The van der Waals surface area contributed by atoms with Gasteiger partial charge in [-0.2, -0.15) is 0 Å². The molecule has 0 aromatic carbocycles. The Bertz CT molecular complexity index is 420. The van der Waals surface area contributed by atoms with Crippen molar-refractivity contribution in [3.63, 3.8) is 0 Å². The van der Waals surface area contributed by atoms with E-state index in [0.717, 1.165) is 31.3 Å². The minimum Gasteiger partial charge on any atom is -0.444 e. The van der Waals surface area contributed by atoms with E-state index in [1.807, 2.05) is 26.8 Å². The van der Waals surface area contributed by atoms with Crippen molar-refractivity contribution >= 4 is 11.9 Å². The summed E-state index contributed by atoms with van der Waals surface area (Å²) in [5.74, 6) is 0.0705. The normalized spacial score (nSPS) is 26.7. The van der Waals surface area contributed by atoms with Crippen LogP contribution >= 0.6 is 0 Å². The van der Waals surface area contributed by atoms with Gasteiger partial charge in [0, 0.05) is 11.6 Å². The molecule has 4 heteroatoms. The number of allylic oxidation sites excluding steroid dienone is 1. The number of carbonyl (C=O) groups is 2. The van der Waals surface area contributed by atoms with E-state index in [0.29, 0.717) is 0 Å². The van der Waals surface area contributed by atoms with Crippen LogP contribution in [0.15, 0.2) is 11.6 Å². The molecule has 0 aromatic heterocycles. The highest BCUT2D eigenvalue weighted by molar-refractivity contribution is 5.95. The number of ether oxygens (including phenoxy) is 1. The summed E-state index contributed by atoms with van der Waals surface area (Å²) in [6.07, 6.45) is 5.35. The van der Waals surface area contributed by atoms with Crippen molar-refractivity contribution in [3.05, 3.63) is 11.6 Å². The summed E-state index contributed by atoms with van der Waals surface area (Å²) in [6, 6.07) is 0.132. The number of carbonyl (C=O) groups excluding carboxylic acids is 2. The average molecular weight is 265 g/mol. The number of fused-ring (bicyclic) bond motifs is 2. The van der Waals surface area contributed by atoms with Crippen LogP contribution in [-0.4, -0.2) is 34.5 Å². The minimum absolute atomic E-state index is 0.0705. The minimum atomic E-state index is -0.497. The van der Waals surface area contributed by atoms with Gasteiger partial charge >= 0.3 is 6.09 Å². The zero-order valence-corrected chi connectivity index (χ0v) is 12.2. The highest BCUT2D eigenvalue weighted by Crippen LogP contribution is 2.36. The van der Waals surface area contributed by atoms with Crippen LogP contribution in [-0.2, 0) is 9.53 Å². The van der Waals surface area contributed by atoms with Gasteiger partial charge in [-0.3, -0.25) is 9.69 Å². The lowest BCUT2D eigenvalue weighted by atomic mass is 9.97. The van der Waals surface area contributed by atoms with Gasteiger partial charge in [-0.05, 0) is 53.4 Å². The highest BCUT2D eigenvalue weighted by Gasteiger charge is 2.42. The molecule has 2 aliphatic rings. The Morgan fingerprint density at radius 3 is 2.53 bits per heavy atom. The van der Waals surface area contributed by atoms with Gasteiger partial charge in [0.2, 0.25) is 0 Å². The molecule has 19 heavy (non-hydrogen) atoms. The Morgan fingerprint density at radius 2 is 1.95 bits per heavy atom. The molecule has 2 bridgehead atoms. The van der Waals surface area contributed by atoms with E-state index in [-0.39, 0.29) is 24.0 Å². The van der Waals surface area contributed by atoms with Crippen LogP contribution in [0, 0.1) is 0 Å². The van der Waals surface area contributed by atoms with Gasteiger partial charge in [0.15, 0.2) is 5.78 Å². The summed E-state index contributed by atoms with van der Waals surface area (Å²) in [5, 5.41) is 0. The molecule has 2 rings (SSSR count). The Kier molecular flexibility index (Phi) is 3.70. The molecule has 1 fully saturated rings. The van der Waals surface area contributed by atoms with Gasteiger partial charge in [-0.25, -0.2) is 4.79 Å². The zero-order valence-electron chi connectivity index (χ0n) is 12.2. The van der Waals surface area contributed by atoms with E-state index in [1.165, 1.54) is 0 Å². The molecule has 0 radical (unpaired) electrons. The molecule has 0 saturated carbocycles. The van der Waals surface area contributed by atoms with Crippen LogP contribution in [0.2, 0.25) is 0 Å². The molecule has 2 atom stereocenters. The molecular formula is C15H23NO3. The number of amides is 1. The monoisotopic (exact) mass is 265 g/mol. The Labute approximate surface area is 114 Å². The third kappa shape index (κ3) is 2.99. The molecule has 0 aliphatic carbocycles. The maximum atomic E-state index is 12.4. The molecule has 0 spiro atoms. The van der Waals surface area contributed by atoms with E-state index < -0.39 is 5.60 Å². The second-order valence-electron chi connectivity index (χ2n) is 6.43. The summed E-state index contributed by atoms with van der Waals surface area (Å²) >= 11 is 0. The van der Waals surface area contributed by atoms with Crippen molar-refractivity contribution in [2.24, 2.45) is 0 Å². The van der Waals surface area contributed by atoms with Crippen molar-refractivity contribution in [1.82, 2.24) is 4.90 Å². The fraction of sp³-hybridized carbons (Fsp3) is 0.733. The standard InChI is InChI=1S/C15H23NO3/c1-10(17)12-7-5-6-11-8-9-13(12)16(11)14(18)19-15(2,3)4/h7,11,13H,5-6,8-9H2,1-4H3/t11-,13-/m1/s1. The van der Waals surface area contributed by atoms with E-state index >= 15 is 0 Å². The van der Waals surface area contributed by atoms with Crippen LogP contribution in [0.5, 0.6) is 0 Å². The van der Waals surface area contributed by atoms with Crippen LogP contribution in [0.1, 0.15) is 53.4 Å². The summed E-state index contributed by atoms with van der Waals surface area (Å²) in [5.41, 5.74) is 0.286. The fourth-order valence-corrected chi connectivity index (χ4v) is 3.01. The van der Waals surface area contributed by atoms with Crippen molar-refractivity contribution in [3.8, 4) is 0 Å². The van der Waals surface area contributed by atoms with Gasteiger partial charge in [0.05, 0.1) is 6.04 Å². The van der Waals surface area contributed by atoms with Gasteiger partial charge < -0.3 is 4.74 Å². The lowest BCUT2D eigenvalue weighted by molar-refractivity contribution is -0.114. The predicted octanol–water partition coefficient (Wildman–Crippen LogP) is 3.06. The quantitative estimate of drug-likeness (QED) is 0.732. The lowest BCUT2D eigenvalue weighted by Crippen LogP contribution is -2.44. The van der Waals surface area contributed by atoms with Gasteiger partial charge in [0.1, 0.15) is 5.60 Å². The largest absolute Gasteiger partial charge is 0.444 e. The molecule has 4 nitrogen and oxygen atoms in total. The Balaban J connectivity index is 2.23. The topological polar surface area (TPSA) is 46.6 Å². The SMILES string of the molecule is CC(=O)C1=CCC[C@@H]2CC[C@H]1N2C(=O)OC(C)(C)C. The molecule has 0 N–H and O–H groups in total. The number of hydrogen-bond acceptors (Lipinski definition) is 3. The molecule has 1 amide bonds. The molecular weight excluding hydrogens is 242 g/mol. The maximum absolute atomic E-state index is 12.4. The Morgan fingerprint density at radius 1 is 1.26 bits per heavy atom. The first-order valence-electron chi connectivity index (χ1n) is 7.02. The van der Waals surface area contributed by atoms with E-state index in [1.54, 1.807) is 11.8 Å². The molecule has 1 saturated heterocycles. The first-order valence-corrected chi connectivity index (χ1v) is 7.02. The third-order valence-corrected chi connectivity index (χ3v) is 3.74. The predicted molar refractivity (Wildman–Crippen MR) is 72.9 cm³/mol. The summed E-state index contributed by atoms with van der Waals surface area (Å²) in [6.45, 7) is 7.18. The van der Waals surface area contributed by atoms with Crippen molar-refractivity contribution in [2.75, 3.05) is 0 Å². The first-order chi connectivity index (χ1) is 8.79. The van der Waals surface area contributed by atoms with E-state index in [4.69, 9.17) is 4.74 Å². The fourth-order valence-electron chi connectivity index (χ4n) is 3.01. The highest BCUT2D eigenvalue weighted by atomic mass is 16.6. The molecule has 0 unspecified atom stereocenters. The first kappa shape index (κ1) is 14.1. The molecule has 2 heterocycles. The van der Waals surface area contributed by atoms with Crippen molar-refractivity contribution in [2.45, 2.75) is 71.1 Å². The number of nitrogens with zero attached hydrogens (tertiary/aromatic N) is 1. The molecule has 106 valence electrons. The smallest absolute Gasteiger partial charge is 0.411 e. The Hall–Kier alpha value is -1.32. The second-order valence-corrected chi connectivity index (χ2v) is 6.43. The zero-order chi connectivity index (χ0) is 14.2. The third-order valence-electron chi connectivity index (χ3n) is 3.74. The number of ketones is 1. The summed E-state index contributed by atoms with van der Waals surface area (Å²) in [7, 11) is 0. The van der Waals surface area contributed by atoms with Crippen LogP contribution < -0.4 is 0 Å². The number of Topliss-reactive ketones (excluding diaryl/α,β-unsaturated/α-hetero) is 1. The summed E-state index contributed by atoms with van der Waals surface area (Å²) < 4.78 is 5.49. The summed E-state index contributed by atoms with van der Waals surface area (Å²) in [4.78, 5) is 25.9. The second kappa shape index (κ2) is 4.99. The van der Waals surface area contributed by atoms with Gasteiger partial charge in [-0.1, -0.05) is 6.08 Å². The van der Waals surface area contributed by atoms with Crippen LogP contribution in [0.25, 0.3) is 0 Å². The maximum Gasteiger partial charge on any atom is 0.411 e. The molecule has 0 aromatic rings.